The molecule has 0 unspecified atom stereocenters. The fraction of sp³-hybridized carbons (Fsp3) is 0.333. The van der Waals surface area contributed by atoms with Gasteiger partial charge in [0.2, 0.25) is 11.8 Å². The van der Waals surface area contributed by atoms with Crippen LogP contribution in [-0.2, 0) is 6.42 Å². The van der Waals surface area contributed by atoms with Crippen molar-refractivity contribution in [2.45, 2.75) is 26.4 Å². The van der Waals surface area contributed by atoms with Crippen LogP contribution in [0.5, 0.6) is 17.5 Å². The second-order valence-electron chi connectivity index (χ2n) is 4.65. The predicted octanol–water partition coefficient (Wildman–Crippen LogP) is 2.56. The van der Waals surface area contributed by atoms with Crippen molar-refractivity contribution >= 4 is 0 Å². The van der Waals surface area contributed by atoms with Gasteiger partial charge in [-0.1, -0.05) is 12.1 Å². The number of nitrogens with zero attached hydrogens (tertiary/aromatic N) is 2. The number of hydrogen-bond donors (Lipinski definition) is 1. The molecule has 5 heteroatoms. The first-order valence-corrected chi connectivity index (χ1v) is 6.63. The summed E-state index contributed by atoms with van der Waals surface area (Å²) in [4.78, 5) is 8.10. The van der Waals surface area contributed by atoms with E-state index in [1.807, 2.05) is 38.1 Å². The van der Waals surface area contributed by atoms with E-state index in [4.69, 9.17) is 15.2 Å². The van der Waals surface area contributed by atoms with E-state index in [0.717, 1.165) is 12.2 Å². The first kappa shape index (κ1) is 14.3. The number of rotatable bonds is 6. The van der Waals surface area contributed by atoms with Gasteiger partial charge in [0.1, 0.15) is 12.1 Å². The Morgan fingerprint density at radius 1 is 1.10 bits per heavy atom. The van der Waals surface area contributed by atoms with Crippen molar-refractivity contribution in [1.82, 2.24) is 9.97 Å². The zero-order valence-electron chi connectivity index (χ0n) is 11.7. The van der Waals surface area contributed by atoms with Crippen LogP contribution in [0.1, 0.15) is 19.4 Å². The van der Waals surface area contributed by atoms with Gasteiger partial charge in [-0.2, -0.15) is 0 Å². The Kier molecular flexibility index (Phi) is 4.90. The summed E-state index contributed by atoms with van der Waals surface area (Å²) < 4.78 is 11.2. The molecule has 0 saturated carbocycles. The summed E-state index contributed by atoms with van der Waals surface area (Å²) >= 11 is 0. The third-order valence-electron chi connectivity index (χ3n) is 2.55. The minimum absolute atomic E-state index is 0.0632. The summed E-state index contributed by atoms with van der Waals surface area (Å²) in [6, 6.07) is 9.46. The van der Waals surface area contributed by atoms with Crippen molar-refractivity contribution in [3.63, 3.8) is 0 Å². The Morgan fingerprint density at radius 3 is 2.45 bits per heavy atom. The molecule has 0 bridgehead atoms. The predicted molar refractivity (Wildman–Crippen MR) is 77.1 cm³/mol. The van der Waals surface area contributed by atoms with Crippen molar-refractivity contribution in [2.24, 2.45) is 5.73 Å². The van der Waals surface area contributed by atoms with Crippen LogP contribution in [0, 0.1) is 0 Å². The van der Waals surface area contributed by atoms with Crippen LogP contribution in [-0.4, -0.2) is 22.6 Å². The Hall–Kier alpha value is -2.14. The van der Waals surface area contributed by atoms with Gasteiger partial charge >= 0.3 is 0 Å². The monoisotopic (exact) mass is 273 g/mol. The van der Waals surface area contributed by atoms with Crippen LogP contribution in [0.4, 0.5) is 0 Å². The minimum atomic E-state index is 0.0632. The van der Waals surface area contributed by atoms with Gasteiger partial charge in [-0.25, -0.2) is 9.97 Å². The summed E-state index contributed by atoms with van der Waals surface area (Å²) in [5, 5.41) is 0. The molecule has 106 valence electrons. The highest BCUT2D eigenvalue weighted by atomic mass is 16.5. The van der Waals surface area contributed by atoms with Gasteiger partial charge in [0.15, 0.2) is 0 Å². The Labute approximate surface area is 118 Å². The number of benzene rings is 1. The molecule has 2 aromatic rings. The molecular formula is C15H19N3O2. The summed E-state index contributed by atoms with van der Waals surface area (Å²) in [6.45, 7) is 4.53. The smallest absolute Gasteiger partial charge is 0.226 e. The maximum Gasteiger partial charge on any atom is 0.226 e. The zero-order valence-corrected chi connectivity index (χ0v) is 11.7. The highest BCUT2D eigenvalue weighted by molar-refractivity contribution is 5.31. The van der Waals surface area contributed by atoms with E-state index in [9.17, 15) is 0 Å². The Bertz CT molecular complexity index is 541. The molecule has 0 aliphatic rings. The lowest BCUT2D eigenvalue weighted by atomic mass is 10.1. The van der Waals surface area contributed by atoms with Crippen LogP contribution in [0.15, 0.2) is 36.7 Å². The van der Waals surface area contributed by atoms with Gasteiger partial charge in [0.25, 0.3) is 0 Å². The molecule has 20 heavy (non-hydrogen) atoms. The summed E-state index contributed by atoms with van der Waals surface area (Å²) in [6.07, 6.45) is 2.35. The molecule has 0 aliphatic heterocycles. The maximum atomic E-state index is 5.67. The van der Waals surface area contributed by atoms with E-state index in [1.165, 1.54) is 11.9 Å². The minimum Gasteiger partial charge on any atom is -0.475 e. The van der Waals surface area contributed by atoms with Crippen LogP contribution in [0.2, 0.25) is 0 Å². The molecule has 1 aromatic heterocycles. The van der Waals surface area contributed by atoms with E-state index < -0.39 is 0 Å². The topological polar surface area (TPSA) is 70.3 Å². The number of nitrogens with two attached hydrogens (primary N) is 1. The van der Waals surface area contributed by atoms with Crippen molar-refractivity contribution in [3.05, 3.63) is 42.2 Å². The van der Waals surface area contributed by atoms with E-state index in [1.54, 1.807) is 6.07 Å². The van der Waals surface area contributed by atoms with E-state index in [0.29, 0.717) is 18.3 Å². The van der Waals surface area contributed by atoms with E-state index in [2.05, 4.69) is 9.97 Å². The molecule has 5 nitrogen and oxygen atoms in total. The van der Waals surface area contributed by atoms with Crippen molar-refractivity contribution in [2.75, 3.05) is 6.54 Å². The number of ether oxygens (including phenoxy) is 2. The Morgan fingerprint density at radius 2 is 1.80 bits per heavy atom. The lowest BCUT2D eigenvalue weighted by Crippen LogP contribution is -2.07. The van der Waals surface area contributed by atoms with Crippen molar-refractivity contribution < 1.29 is 9.47 Å². The third-order valence-corrected chi connectivity index (χ3v) is 2.55. The molecule has 1 heterocycles. The molecule has 0 saturated heterocycles. The number of aromatic nitrogens is 2. The highest BCUT2D eigenvalue weighted by Crippen LogP contribution is 2.22. The van der Waals surface area contributed by atoms with Crippen LogP contribution < -0.4 is 15.2 Å². The first-order valence-electron chi connectivity index (χ1n) is 6.63. The zero-order chi connectivity index (χ0) is 14.4. The van der Waals surface area contributed by atoms with E-state index in [-0.39, 0.29) is 6.10 Å². The average Bonchev–Trinajstić information content (AvgIpc) is 2.41. The third kappa shape index (κ3) is 4.20. The average molecular weight is 273 g/mol. The summed E-state index contributed by atoms with van der Waals surface area (Å²) in [7, 11) is 0. The maximum absolute atomic E-state index is 5.67. The number of hydrogen-bond acceptors (Lipinski definition) is 5. The summed E-state index contributed by atoms with van der Waals surface area (Å²) in [5.74, 6) is 1.69. The van der Waals surface area contributed by atoms with Crippen molar-refractivity contribution in [1.29, 1.82) is 0 Å². The molecule has 0 aliphatic carbocycles. The lowest BCUT2D eigenvalue weighted by molar-refractivity contribution is 0.231. The molecule has 2 rings (SSSR count). The second kappa shape index (κ2) is 6.86. The van der Waals surface area contributed by atoms with Gasteiger partial charge in [-0.15, -0.1) is 0 Å². The van der Waals surface area contributed by atoms with Crippen LogP contribution in [0.3, 0.4) is 0 Å². The SMILES string of the molecule is CC(C)Oc1cc(Oc2ccc(CCN)cc2)ncn1. The molecule has 0 atom stereocenters. The van der Waals surface area contributed by atoms with E-state index >= 15 is 0 Å². The molecule has 2 N–H and O–H groups in total. The van der Waals surface area contributed by atoms with Crippen LogP contribution in [0.25, 0.3) is 0 Å². The standard InChI is InChI=1S/C15H19N3O2/c1-11(2)19-14-9-15(18-10-17-14)20-13-5-3-12(4-6-13)7-8-16/h3-6,9-11H,7-8,16H2,1-2H3. The normalized spacial score (nSPS) is 10.6. The fourth-order valence-electron chi connectivity index (χ4n) is 1.70. The molecule has 0 spiro atoms. The van der Waals surface area contributed by atoms with Gasteiger partial charge in [0, 0.05) is 0 Å². The molecule has 0 fully saturated rings. The lowest BCUT2D eigenvalue weighted by Gasteiger charge is -2.10. The largest absolute Gasteiger partial charge is 0.475 e. The Balaban J connectivity index is 2.05. The van der Waals surface area contributed by atoms with Gasteiger partial charge < -0.3 is 15.2 Å². The van der Waals surface area contributed by atoms with Gasteiger partial charge in [-0.05, 0) is 44.5 Å². The van der Waals surface area contributed by atoms with Gasteiger partial charge in [-0.3, -0.25) is 0 Å². The molecular weight excluding hydrogens is 254 g/mol. The van der Waals surface area contributed by atoms with Gasteiger partial charge in [0.05, 0.1) is 12.2 Å². The van der Waals surface area contributed by atoms with Crippen molar-refractivity contribution in [3.8, 4) is 17.5 Å². The second-order valence-corrected chi connectivity index (χ2v) is 4.65. The molecule has 0 amide bonds. The summed E-state index contributed by atoms with van der Waals surface area (Å²) in [5.41, 5.74) is 6.70. The molecule has 1 aromatic carbocycles. The highest BCUT2D eigenvalue weighted by Gasteiger charge is 2.04. The first-order chi connectivity index (χ1) is 9.67. The molecule has 0 radical (unpaired) electrons. The fourth-order valence-corrected chi connectivity index (χ4v) is 1.70. The van der Waals surface area contributed by atoms with Crippen LogP contribution >= 0.6 is 0 Å². The quantitative estimate of drug-likeness (QED) is 0.875.